The Bertz CT molecular complexity index is 689. The molecule has 3 rings (SSSR count). The van der Waals surface area contributed by atoms with Crippen molar-refractivity contribution in [3.63, 3.8) is 0 Å². The predicted octanol–water partition coefficient (Wildman–Crippen LogP) is 2.99. The van der Waals surface area contributed by atoms with E-state index in [2.05, 4.69) is 10.3 Å². The monoisotopic (exact) mass is 331 g/mol. The van der Waals surface area contributed by atoms with Crippen LogP contribution in [0.15, 0.2) is 42.7 Å². The Balaban J connectivity index is 1.62. The average molecular weight is 332 g/mol. The zero-order valence-corrected chi connectivity index (χ0v) is 13.3. The van der Waals surface area contributed by atoms with Crippen molar-refractivity contribution >= 4 is 17.5 Å². The van der Waals surface area contributed by atoms with Crippen LogP contribution in [0.25, 0.3) is 0 Å². The molecule has 0 saturated heterocycles. The van der Waals surface area contributed by atoms with Gasteiger partial charge in [0.2, 0.25) is 0 Å². The third-order valence-corrected chi connectivity index (χ3v) is 4.09. The summed E-state index contributed by atoms with van der Waals surface area (Å²) in [7, 11) is 0. The van der Waals surface area contributed by atoms with Crippen LogP contribution in [-0.2, 0) is 0 Å². The molecule has 3 N–H and O–H groups in total. The fourth-order valence-corrected chi connectivity index (χ4v) is 2.48. The van der Waals surface area contributed by atoms with Crippen molar-refractivity contribution in [3.05, 3.63) is 53.3 Å². The van der Waals surface area contributed by atoms with Crippen LogP contribution in [0, 0.1) is 5.92 Å². The van der Waals surface area contributed by atoms with Crippen LogP contribution < -0.4 is 15.8 Å². The summed E-state index contributed by atoms with van der Waals surface area (Å²) in [6, 6.07) is 8.45. The minimum atomic E-state index is -0.182. The molecular weight excluding hydrogens is 314 g/mol. The van der Waals surface area contributed by atoms with E-state index in [4.69, 9.17) is 22.1 Å². The summed E-state index contributed by atoms with van der Waals surface area (Å²) in [5.41, 5.74) is 6.47. The van der Waals surface area contributed by atoms with Gasteiger partial charge in [-0.2, -0.15) is 0 Å². The minimum absolute atomic E-state index is 0.0312. The number of benzene rings is 1. The van der Waals surface area contributed by atoms with Crippen LogP contribution in [0.3, 0.4) is 0 Å². The van der Waals surface area contributed by atoms with Crippen molar-refractivity contribution < 1.29 is 9.53 Å². The molecule has 120 valence electrons. The van der Waals surface area contributed by atoms with Crippen LogP contribution in [0.4, 0.5) is 0 Å². The van der Waals surface area contributed by atoms with Gasteiger partial charge in [0.25, 0.3) is 5.91 Å². The molecule has 2 aromatic rings. The summed E-state index contributed by atoms with van der Waals surface area (Å²) < 4.78 is 5.66. The standard InChI is InChI=1S/C17H18ClN3O2/c18-14-9-12(17(22)21-10-15(19)11-1-2-11)3-4-16(14)23-13-5-7-20-8-6-13/h3-9,11,15H,1-2,10,19H2,(H,21,22). The Morgan fingerprint density at radius 3 is 2.74 bits per heavy atom. The lowest BCUT2D eigenvalue weighted by atomic mass is 10.1. The second kappa shape index (κ2) is 6.98. The van der Waals surface area contributed by atoms with E-state index in [1.807, 2.05) is 0 Å². The second-order valence-corrected chi connectivity index (χ2v) is 6.05. The molecule has 1 unspecified atom stereocenters. The summed E-state index contributed by atoms with van der Waals surface area (Å²) in [5.74, 6) is 1.49. The molecule has 0 radical (unpaired) electrons. The van der Waals surface area contributed by atoms with Crippen LogP contribution in [-0.4, -0.2) is 23.5 Å². The van der Waals surface area contributed by atoms with Gasteiger partial charge in [0.15, 0.2) is 0 Å². The first kappa shape index (κ1) is 15.8. The smallest absolute Gasteiger partial charge is 0.251 e. The first-order valence-corrected chi connectivity index (χ1v) is 7.92. The molecule has 1 atom stereocenters. The molecule has 1 fully saturated rings. The summed E-state index contributed by atoms with van der Waals surface area (Å²) in [6.45, 7) is 0.483. The van der Waals surface area contributed by atoms with Gasteiger partial charge in [-0.25, -0.2) is 0 Å². The normalized spacial score (nSPS) is 15.0. The van der Waals surface area contributed by atoms with Crippen LogP contribution >= 0.6 is 11.6 Å². The molecule has 6 heteroatoms. The number of rotatable bonds is 6. The van der Waals surface area contributed by atoms with E-state index in [1.54, 1.807) is 42.7 Å². The van der Waals surface area contributed by atoms with E-state index in [0.29, 0.717) is 34.5 Å². The number of halogens is 1. The highest BCUT2D eigenvalue weighted by Crippen LogP contribution is 2.31. The Kier molecular flexibility index (Phi) is 4.79. The summed E-state index contributed by atoms with van der Waals surface area (Å²) in [5, 5.41) is 3.22. The summed E-state index contributed by atoms with van der Waals surface area (Å²) in [6.07, 6.45) is 5.58. The Morgan fingerprint density at radius 2 is 2.09 bits per heavy atom. The van der Waals surface area contributed by atoms with Crippen LogP contribution in [0.1, 0.15) is 23.2 Å². The number of hydrogen-bond acceptors (Lipinski definition) is 4. The lowest BCUT2D eigenvalue weighted by Gasteiger charge is -2.12. The molecule has 0 aliphatic heterocycles. The van der Waals surface area contributed by atoms with Crippen molar-refractivity contribution in [2.45, 2.75) is 18.9 Å². The number of nitrogens with zero attached hydrogens (tertiary/aromatic N) is 1. The molecule has 23 heavy (non-hydrogen) atoms. The van der Waals surface area contributed by atoms with Crippen molar-refractivity contribution in [3.8, 4) is 11.5 Å². The van der Waals surface area contributed by atoms with Gasteiger partial charge in [-0.3, -0.25) is 9.78 Å². The van der Waals surface area contributed by atoms with Gasteiger partial charge in [-0.05, 0) is 49.1 Å². The molecule has 1 aromatic heterocycles. The molecule has 1 aromatic carbocycles. The van der Waals surface area contributed by atoms with E-state index in [9.17, 15) is 4.79 Å². The van der Waals surface area contributed by atoms with Crippen molar-refractivity contribution in [1.82, 2.24) is 10.3 Å². The van der Waals surface area contributed by atoms with Gasteiger partial charge in [0.05, 0.1) is 5.02 Å². The van der Waals surface area contributed by atoms with E-state index in [-0.39, 0.29) is 11.9 Å². The second-order valence-electron chi connectivity index (χ2n) is 5.64. The van der Waals surface area contributed by atoms with Gasteiger partial charge >= 0.3 is 0 Å². The molecule has 5 nitrogen and oxygen atoms in total. The fourth-order valence-electron chi connectivity index (χ4n) is 2.26. The van der Waals surface area contributed by atoms with E-state index < -0.39 is 0 Å². The zero-order valence-electron chi connectivity index (χ0n) is 12.5. The first-order chi connectivity index (χ1) is 11.1. The van der Waals surface area contributed by atoms with Gasteiger partial charge in [0.1, 0.15) is 11.5 Å². The average Bonchev–Trinajstić information content (AvgIpc) is 3.40. The molecule has 1 aliphatic rings. The lowest BCUT2D eigenvalue weighted by Crippen LogP contribution is -2.38. The maximum atomic E-state index is 12.1. The third kappa shape index (κ3) is 4.21. The van der Waals surface area contributed by atoms with Gasteiger partial charge in [0, 0.05) is 30.5 Å². The zero-order chi connectivity index (χ0) is 16.2. The largest absolute Gasteiger partial charge is 0.456 e. The predicted molar refractivity (Wildman–Crippen MR) is 88.8 cm³/mol. The SMILES string of the molecule is NC(CNC(=O)c1ccc(Oc2ccncc2)c(Cl)c1)C1CC1. The van der Waals surface area contributed by atoms with E-state index in [0.717, 1.165) is 12.8 Å². The maximum absolute atomic E-state index is 12.1. The fraction of sp³-hybridized carbons (Fsp3) is 0.294. The highest BCUT2D eigenvalue weighted by atomic mass is 35.5. The highest BCUT2D eigenvalue weighted by Gasteiger charge is 2.28. The number of hydrogen-bond donors (Lipinski definition) is 2. The molecule has 0 spiro atoms. The van der Waals surface area contributed by atoms with E-state index in [1.165, 1.54) is 0 Å². The molecule has 1 amide bonds. The molecule has 1 heterocycles. The molecular formula is C17H18ClN3O2. The molecule has 1 saturated carbocycles. The number of nitrogens with one attached hydrogen (secondary N) is 1. The highest BCUT2D eigenvalue weighted by molar-refractivity contribution is 6.32. The number of amides is 1. The topological polar surface area (TPSA) is 77.2 Å². The summed E-state index contributed by atoms with van der Waals surface area (Å²) >= 11 is 6.20. The maximum Gasteiger partial charge on any atom is 0.251 e. The molecule has 1 aliphatic carbocycles. The number of aromatic nitrogens is 1. The number of carbonyl (C=O) groups is 1. The van der Waals surface area contributed by atoms with Gasteiger partial charge in [-0.15, -0.1) is 0 Å². The number of pyridine rings is 1. The Morgan fingerprint density at radius 1 is 1.35 bits per heavy atom. The van der Waals surface area contributed by atoms with Crippen molar-refractivity contribution in [2.75, 3.05) is 6.54 Å². The molecule has 0 bridgehead atoms. The lowest BCUT2D eigenvalue weighted by molar-refractivity contribution is 0.0950. The quantitative estimate of drug-likeness (QED) is 0.853. The number of nitrogens with two attached hydrogens (primary N) is 1. The van der Waals surface area contributed by atoms with Gasteiger partial charge < -0.3 is 15.8 Å². The van der Waals surface area contributed by atoms with Crippen molar-refractivity contribution in [2.24, 2.45) is 11.7 Å². The van der Waals surface area contributed by atoms with Crippen molar-refractivity contribution in [1.29, 1.82) is 0 Å². The number of carbonyl (C=O) groups excluding carboxylic acids is 1. The van der Waals surface area contributed by atoms with Crippen LogP contribution in [0.5, 0.6) is 11.5 Å². The van der Waals surface area contributed by atoms with E-state index >= 15 is 0 Å². The minimum Gasteiger partial charge on any atom is -0.456 e. The van der Waals surface area contributed by atoms with Crippen LogP contribution in [0.2, 0.25) is 5.02 Å². The third-order valence-electron chi connectivity index (χ3n) is 3.80. The van der Waals surface area contributed by atoms with Gasteiger partial charge in [-0.1, -0.05) is 11.6 Å². The Labute approximate surface area is 139 Å². The first-order valence-electron chi connectivity index (χ1n) is 7.54. The Hall–Kier alpha value is -2.11. The summed E-state index contributed by atoms with van der Waals surface area (Å²) in [4.78, 5) is 16.1. The number of ether oxygens (including phenoxy) is 1.